The number of Topliss-reactive ketones (excluding diaryl/α,β-unsaturated/α-hetero) is 1. The van der Waals surface area contributed by atoms with Crippen LogP contribution in [-0.4, -0.2) is 28.7 Å². The van der Waals surface area contributed by atoms with Crippen molar-refractivity contribution < 1.29 is 32.2 Å². The van der Waals surface area contributed by atoms with Crippen molar-refractivity contribution in [2.24, 2.45) is 0 Å². The van der Waals surface area contributed by atoms with Gasteiger partial charge in [0.05, 0.1) is 0 Å². The zero-order valence-electron chi connectivity index (χ0n) is 12.5. The molecule has 0 saturated heterocycles. The quantitative estimate of drug-likeness (QED) is 0.663. The Morgan fingerprint density at radius 3 is 2.21 bits per heavy atom. The van der Waals surface area contributed by atoms with Crippen molar-refractivity contribution in [3.8, 4) is 11.6 Å². The Kier molecular flexibility index (Phi) is 4.88. The van der Waals surface area contributed by atoms with Gasteiger partial charge in [0, 0.05) is 17.8 Å². The molecule has 1 unspecified atom stereocenters. The largest absolute Gasteiger partial charge is 0.439 e. The average molecular weight is 343 g/mol. The van der Waals surface area contributed by atoms with Gasteiger partial charge in [-0.25, -0.2) is 9.37 Å². The molecule has 1 aromatic carbocycles. The maximum absolute atomic E-state index is 13.8. The minimum Gasteiger partial charge on any atom is -0.439 e. The fraction of sp³-hybridized carbons (Fsp3) is 0.250. The molecule has 0 aliphatic heterocycles. The molecule has 128 valence electrons. The number of carbonyl (C=O) groups excluding carboxylic acids is 1. The second kappa shape index (κ2) is 6.56. The van der Waals surface area contributed by atoms with Gasteiger partial charge in [0.25, 0.3) is 0 Å². The molecule has 0 aliphatic carbocycles. The fourth-order valence-electron chi connectivity index (χ4n) is 1.82. The lowest BCUT2D eigenvalue weighted by molar-refractivity contribution is -0.228. The van der Waals surface area contributed by atoms with Gasteiger partial charge in [-0.3, -0.25) is 4.79 Å². The van der Waals surface area contributed by atoms with Crippen LogP contribution in [0, 0.1) is 0 Å². The van der Waals surface area contributed by atoms with Crippen LogP contribution >= 0.6 is 0 Å². The normalized spacial score (nSPS) is 14.1. The Morgan fingerprint density at radius 1 is 1.12 bits per heavy atom. The van der Waals surface area contributed by atoms with E-state index in [0.717, 1.165) is 12.1 Å². The van der Waals surface area contributed by atoms with Gasteiger partial charge in [-0.1, -0.05) is 12.1 Å². The molecule has 0 aliphatic rings. The van der Waals surface area contributed by atoms with Crippen molar-refractivity contribution in [2.45, 2.75) is 18.8 Å². The van der Waals surface area contributed by atoms with E-state index >= 15 is 0 Å². The summed E-state index contributed by atoms with van der Waals surface area (Å²) in [5, 5.41) is 8.72. The van der Waals surface area contributed by atoms with Crippen molar-refractivity contribution in [2.75, 3.05) is 6.61 Å². The molecule has 1 aromatic heterocycles. The van der Waals surface area contributed by atoms with Gasteiger partial charge in [-0.2, -0.15) is 13.2 Å². The smallest absolute Gasteiger partial charge is 0.426 e. The summed E-state index contributed by atoms with van der Waals surface area (Å²) < 4.78 is 57.0. The molecule has 2 aromatic rings. The van der Waals surface area contributed by atoms with Crippen molar-refractivity contribution >= 4 is 5.78 Å². The molecular formula is C16H13F4NO3. The maximum atomic E-state index is 13.8. The van der Waals surface area contributed by atoms with E-state index in [2.05, 4.69) is 4.98 Å². The van der Waals surface area contributed by atoms with E-state index in [0.29, 0.717) is 6.92 Å². The molecular weight excluding hydrogens is 330 g/mol. The lowest BCUT2D eigenvalue weighted by atomic mass is 9.97. The van der Waals surface area contributed by atoms with Gasteiger partial charge in [0.1, 0.15) is 12.4 Å². The predicted octanol–water partition coefficient (Wildman–Crippen LogP) is 3.80. The molecule has 0 radical (unpaired) electrons. The minimum atomic E-state index is -5.02. The second-order valence-corrected chi connectivity index (χ2v) is 5.09. The van der Waals surface area contributed by atoms with Gasteiger partial charge in [0.2, 0.25) is 11.5 Å². The zero-order valence-corrected chi connectivity index (χ0v) is 12.5. The number of nitrogens with zero attached hydrogens (tertiary/aromatic N) is 1. The number of carbonyl (C=O) groups is 1. The molecule has 0 spiro atoms. The summed E-state index contributed by atoms with van der Waals surface area (Å²) in [6.45, 7) is -0.203. The third-order valence-corrected chi connectivity index (χ3v) is 3.35. The topological polar surface area (TPSA) is 59.4 Å². The molecule has 4 nitrogen and oxygen atoms in total. The first-order valence-corrected chi connectivity index (χ1v) is 6.79. The molecule has 8 heteroatoms. The first-order chi connectivity index (χ1) is 11.1. The number of aliphatic hydroxyl groups excluding tert-OH is 1. The van der Waals surface area contributed by atoms with E-state index in [1.807, 2.05) is 0 Å². The lowest BCUT2D eigenvalue weighted by Crippen LogP contribution is -2.34. The highest BCUT2D eigenvalue weighted by Gasteiger charge is 2.53. The Balaban J connectivity index is 2.13. The average Bonchev–Trinajstić information content (AvgIpc) is 2.54. The van der Waals surface area contributed by atoms with E-state index in [-0.39, 0.29) is 17.2 Å². The van der Waals surface area contributed by atoms with Crippen molar-refractivity contribution in [1.82, 2.24) is 4.98 Å². The van der Waals surface area contributed by atoms with E-state index in [1.165, 1.54) is 30.5 Å². The van der Waals surface area contributed by atoms with Crippen molar-refractivity contribution in [1.29, 1.82) is 0 Å². The Bertz CT molecular complexity index is 710. The summed E-state index contributed by atoms with van der Waals surface area (Å²) in [4.78, 5) is 15.1. The molecule has 0 amide bonds. The maximum Gasteiger partial charge on any atom is 0.426 e. The highest BCUT2D eigenvalue weighted by Crippen LogP contribution is 2.42. The minimum absolute atomic E-state index is 0.0936. The number of ketones is 1. The summed E-state index contributed by atoms with van der Waals surface area (Å²) >= 11 is 0. The predicted molar refractivity (Wildman–Crippen MR) is 76.7 cm³/mol. The van der Waals surface area contributed by atoms with Crippen molar-refractivity contribution in [3.05, 3.63) is 53.7 Å². The Labute approximate surface area is 134 Å². The fourth-order valence-corrected chi connectivity index (χ4v) is 1.82. The number of alkyl halides is 4. The summed E-state index contributed by atoms with van der Waals surface area (Å²) in [6.07, 6.45) is -3.82. The lowest BCUT2D eigenvalue weighted by Gasteiger charge is -2.24. The van der Waals surface area contributed by atoms with Crippen LogP contribution < -0.4 is 4.74 Å². The van der Waals surface area contributed by atoms with Crippen molar-refractivity contribution in [3.63, 3.8) is 0 Å². The number of hydrogen-bond acceptors (Lipinski definition) is 4. The Morgan fingerprint density at radius 2 is 1.75 bits per heavy atom. The summed E-state index contributed by atoms with van der Waals surface area (Å²) in [7, 11) is 0. The van der Waals surface area contributed by atoms with Crippen LogP contribution in [0.3, 0.4) is 0 Å². The summed E-state index contributed by atoms with van der Waals surface area (Å²) in [5.74, 6) is -0.255. The van der Waals surface area contributed by atoms with Crippen LogP contribution in [0.15, 0.2) is 42.6 Å². The molecule has 1 N–H and O–H groups in total. The molecule has 0 fully saturated rings. The molecule has 1 atom stereocenters. The van der Waals surface area contributed by atoms with Crippen LogP contribution in [0.4, 0.5) is 17.6 Å². The number of aliphatic hydroxyl groups is 1. The van der Waals surface area contributed by atoms with Gasteiger partial charge >= 0.3 is 6.18 Å². The monoisotopic (exact) mass is 343 g/mol. The van der Waals surface area contributed by atoms with Crippen LogP contribution in [0.25, 0.3) is 0 Å². The SMILES string of the molecule is CC(F)(c1ccc(Oc2ccc(C(=O)CO)cn2)cc1)C(F)(F)F. The molecule has 0 saturated carbocycles. The first-order valence-electron chi connectivity index (χ1n) is 6.79. The molecule has 1 heterocycles. The number of ether oxygens (including phenoxy) is 1. The van der Waals surface area contributed by atoms with E-state index in [4.69, 9.17) is 9.84 Å². The Hall–Kier alpha value is -2.48. The standard InChI is InChI=1S/C16H13F4NO3/c1-15(17,16(18,19)20)11-3-5-12(6-4-11)24-14-7-2-10(8-21-14)13(23)9-22/h2-8,22H,9H2,1H3. The van der Waals surface area contributed by atoms with E-state index in [1.54, 1.807) is 0 Å². The number of halogens is 4. The van der Waals surface area contributed by atoms with Gasteiger partial charge < -0.3 is 9.84 Å². The highest BCUT2D eigenvalue weighted by atomic mass is 19.4. The summed E-state index contributed by atoms with van der Waals surface area (Å²) in [5.41, 5.74) is -3.81. The number of rotatable bonds is 5. The number of aromatic nitrogens is 1. The number of benzene rings is 1. The summed E-state index contributed by atoms with van der Waals surface area (Å²) in [6, 6.07) is 7.09. The second-order valence-electron chi connectivity index (χ2n) is 5.09. The van der Waals surface area contributed by atoms with Gasteiger partial charge in [0.15, 0.2) is 5.78 Å². The third kappa shape index (κ3) is 3.70. The molecule has 24 heavy (non-hydrogen) atoms. The van der Waals surface area contributed by atoms with Crippen LogP contribution in [0.2, 0.25) is 0 Å². The van der Waals surface area contributed by atoms with Crippen LogP contribution in [0.5, 0.6) is 11.6 Å². The number of hydrogen-bond donors (Lipinski definition) is 1. The van der Waals surface area contributed by atoms with Gasteiger partial charge in [-0.15, -0.1) is 0 Å². The first kappa shape index (κ1) is 17.9. The zero-order chi connectivity index (χ0) is 18.0. The van der Waals surface area contributed by atoms with Crippen LogP contribution in [0.1, 0.15) is 22.8 Å². The highest BCUT2D eigenvalue weighted by molar-refractivity contribution is 5.96. The third-order valence-electron chi connectivity index (χ3n) is 3.35. The molecule has 0 bridgehead atoms. The van der Waals surface area contributed by atoms with E-state index in [9.17, 15) is 22.4 Å². The molecule has 2 rings (SSSR count). The van der Waals surface area contributed by atoms with Crippen LogP contribution in [-0.2, 0) is 5.67 Å². The van der Waals surface area contributed by atoms with E-state index < -0.39 is 29.8 Å². The van der Waals surface area contributed by atoms with Gasteiger partial charge in [-0.05, 0) is 30.7 Å². The number of pyridine rings is 1.